The molecule has 0 atom stereocenters. The molecular formula is C14H11F2N5. The molecule has 1 heterocycles. The minimum atomic E-state index is -0.492. The van der Waals surface area contributed by atoms with E-state index >= 15 is 0 Å². The summed E-state index contributed by atoms with van der Waals surface area (Å²) in [6.45, 7) is 0.100. The summed E-state index contributed by atoms with van der Waals surface area (Å²) in [4.78, 5) is 0. The van der Waals surface area contributed by atoms with Crippen LogP contribution < -0.4 is 5.73 Å². The van der Waals surface area contributed by atoms with Crippen LogP contribution in [0.2, 0.25) is 0 Å². The van der Waals surface area contributed by atoms with Crippen LogP contribution in [-0.2, 0) is 6.54 Å². The molecular weight excluding hydrogens is 276 g/mol. The lowest BCUT2D eigenvalue weighted by Gasteiger charge is -2.07. The van der Waals surface area contributed by atoms with Gasteiger partial charge in [0.05, 0.1) is 12.1 Å². The van der Waals surface area contributed by atoms with Gasteiger partial charge in [-0.05, 0) is 34.7 Å². The van der Waals surface area contributed by atoms with Gasteiger partial charge in [-0.2, -0.15) is 0 Å². The summed E-state index contributed by atoms with van der Waals surface area (Å²) in [5.74, 6) is -0.663. The lowest BCUT2D eigenvalue weighted by Crippen LogP contribution is -2.07. The second-order valence-corrected chi connectivity index (χ2v) is 4.49. The van der Waals surface area contributed by atoms with Gasteiger partial charge in [0.2, 0.25) is 0 Å². The van der Waals surface area contributed by atoms with Gasteiger partial charge in [0.1, 0.15) is 11.6 Å². The zero-order valence-electron chi connectivity index (χ0n) is 10.9. The molecule has 0 unspecified atom stereocenters. The van der Waals surface area contributed by atoms with Crippen LogP contribution in [0.4, 0.5) is 14.5 Å². The Hall–Kier alpha value is -2.83. The van der Waals surface area contributed by atoms with Crippen LogP contribution in [0.3, 0.4) is 0 Å². The fraction of sp³-hybridized carbons (Fsp3) is 0.0714. The lowest BCUT2D eigenvalue weighted by molar-refractivity contribution is 0.577. The van der Waals surface area contributed by atoms with Crippen LogP contribution in [0.25, 0.3) is 11.4 Å². The number of anilines is 1. The van der Waals surface area contributed by atoms with Crippen molar-refractivity contribution in [3.8, 4) is 11.4 Å². The average Bonchev–Trinajstić information content (AvgIpc) is 2.92. The third kappa shape index (κ3) is 2.58. The number of hydrogen-bond donors (Lipinski definition) is 1. The topological polar surface area (TPSA) is 69.6 Å². The maximum Gasteiger partial charge on any atom is 0.185 e. The van der Waals surface area contributed by atoms with Gasteiger partial charge in [0.25, 0.3) is 0 Å². The summed E-state index contributed by atoms with van der Waals surface area (Å²) in [5.41, 5.74) is 6.64. The summed E-state index contributed by atoms with van der Waals surface area (Å²) < 4.78 is 28.9. The Morgan fingerprint density at radius 2 is 1.86 bits per heavy atom. The van der Waals surface area contributed by atoms with Crippen molar-refractivity contribution in [1.82, 2.24) is 20.2 Å². The van der Waals surface area contributed by atoms with Crippen molar-refractivity contribution in [1.29, 1.82) is 0 Å². The van der Waals surface area contributed by atoms with Crippen molar-refractivity contribution in [3.05, 3.63) is 59.7 Å². The first kappa shape index (κ1) is 13.2. The van der Waals surface area contributed by atoms with Crippen LogP contribution in [0.15, 0.2) is 42.5 Å². The summed E-state index contributed by atoms with van der Waals surface area (Å²) in [6, 6.07) is 10.4. The van der Waals surface area contributed by atoms with Gasteiger partial charge < -0.3 is 5.73 Å². The van der Waals surface area contributed by atoms with E-state index in [0.717, 1.165) is 0 Å². The Bertz CT molecular complexity index is 785. The maximum absolute atomic E-state index is 13.9. The number of nitrogen functional groups attached to an aromatic ring is 1. The van der Waals surface area contributed by atoms with Crippen molar-refractivity contribution < 1.29 is 8.78 Å². The second-order valence-electron chi connectivity index (χ2n) is 4.49. The molecule has 106 valence electrons. The molecule has 7 heteroatoms. The largest absolute Gasteiger partial charge is 0.399 e. The smallest absolute Gasteiger partial charge is 0.185 e. The van der Waals surface area contributed by atoms with Crippen molar-refractivity contribution in [2.24, 2.45) is 0 Å². The molecule has 5 nitrogen and oxygen atoms in total. The van der Waals surface area contributed by atoms with Crippen LogP contribution in [0, 0.1) is 11.6 Å². The molecule has 3 rings (SSSR count). The molecule has 2 N–H and O–H groups in total. The second kappa shape index (κ2) is 5.28. The monoisotopic (exact) mass is 287 g/mol. The number of halogens is 2. The lowest BCUT2D eigenvalue weighted by atomic mass is 10.1. The third-order valence-electron chi connectivity index (χ3n) is 3.04. The molecule has 0 amide bonds. The molecule has 2 aromatic carbocycles. The number of tetrazole rings is 1. The van der Waals surface area contributed by atoms with Crippen molar-refractivity contribution >= 4 is 5.69 Å². The van der Waals surface area contributed by atoms with E-state index in [9.17, 15) is 8.78 Å². The summed E-state index contributed by atoms with van der Waals surface area (Å²) >= 11 is 0. The van der Waals surface area contributed by atoms with E-state index in [1.165, 1.54) is 28.9 Å². The highest BCUT2D eigenvalue weighted by atomic mass is 19.1. The molecule has 0 aliphatic heterocycles. The van der Waals surface area contributed by atoms with Gasteiger partial charge in [-0.1, -0.05) is 18.2 Å². The Morgan fingerprint density at radius 3 is 2.67 bits per heavy atom. The first-order valence-corrected chi connectivity index (χ1v) is 6.20. The van der Waals surface area contributed by atoms with Crippen LogP contribution in [0.5, 0.6) is 0 Å². The summed E-state index contributed by atoms with van der Waals surface area (Å²) in [5, 5.41) is 11.1. The first-order chi connectivity index (χ1) is 10.1. The van der Waals surface area contributed by atoms with Crippen molar-refractivity contribution in [2.75, 3.05) is 5.73 Å². The van der Waals surface area contributed by atoms with E-state index < -0.39 is 5.82 Å². The Balaban J connectivity index is 2.02. The first-order valence-electron chi connectivity index (χ1n) is 6.20. The maximum atomic E-state index is 13.9. The van der Waals surface area contributed by atoms with Crippen LogP contribution in [-0.4, -0.2) is 20.2 Å². The number of nitrogens with two attached hydrogens (primary N) is 1. The van der Waals surface area contributed by atoms with Crippen LogP contribution in [0.1, 0.15) is 5.56 Å². The average molecular weight is 287 g/mol. The fourth-order valence-corrected chi connectivity index (χ4v) is 2.01. The van der Waals surface area contributed by atoms with E-state index in [0.29, 0.717) is 11.3 Å². The summed E-state index contributed by atoms with van der Waals surface area (Å²) in [7, 11) is 0. The molecule has 3 aromatic rings. The molecule has 0 saturated heterocycles. The molecule has 0 bridgehead atoms. The quantitative estimate of drug-likeness (QED) is 0.750. The zero-order valence-corrected chi connectivity index (χ0v) is 10.9. The third-order valence-corrected chi connectivity index (χ3v) is 3.04. The minimum Gasteiger partial charge on any atom is -0.399 e. The highest BCUT2D eigenvalue weighted by molar-refractivity contribution is 5.61. The van der Waals surface area contributed by atoms with E-state index in [1.54, 1.807) is 18.2 Å². The number of hydrogen-bond acceptors (Lipinski definition) is 4. The van der Waals surface area contributed by atoms with Crippen molar-refractivity contribution in [2.45, 2.75) is 6.54 Å². The van der Waals surface area contributed by atoms with Crippen molar-refractivity contribution in [3.63, 3.8) is 0 Å². The number of benzene rings is 2. The van der Waals surface area contributed by atoms with E-state index in [1.807, 2.05) is 0 Å². The predicted octanol–water partition coefficient (Wildman–Crippen LogP) is 2.25. The molecule has 0 aliphatic rings. The Kier molecular flexibility index (Phi) is 3.31. The van der Waals surface area contributed by atoms with Gasteiger partial charge in [-0.3, -0.25) is 0 Å². The van der Waals surface area contributed by atoms with Gasteiger partial charge in [0, 0.05) is 11.3 Å². The fourth-order valence-electron chi connectivity index (χ4n) is 2.01. The molecule has 1 aromatic heterocycles. The van der Waals surface area contributed by atoms with E-state index in [2.05, 4.69) is 15.5 Å². The molecule has 0 spiro atoms. The molecule has 0 saturated carbocycles. The van der Waals surface area contributed by atoms with Gasteiger partial charge in [0.15, 0.2) is 5.82 Å². The van der Waals surface area contributed by atoms with Gasteiger partial charge in [-0.25, -0.2) is 13.5 Å². The molecule has 0 fully saturated rings. The molecule has 0 radical (unpaired) electrons. The van der Waals surface area contributed by atoms with E-state index in [-0.39, 0.29) is 23.7 Å². The minimum absolute atomic E-state index is 0.100. The van der Waals surface area contributed by atoms with Gasteiger partial charge in [-0.15, -0.1) is 5.10 Å². The molecule has 21 heavy (non-hydrogen) atoms. The SMILES string of the molecule is Nc1ccc(F)c(-c2nnnn2Cc2ccccc2F)c1. The standard InChI is InChI=1S/C14H11F2N5/c15-12-4-2-1-3-9(12)8-21-14(18-19-20-21)11-7-10(17)5-6-13(11)16/h1-7H,8,17H2. The highest BCUT2D eigenvalue weighted by Gasteiger charge is 2.15. The zero-order chi connectivity index (χ0) is 14.8. The van der Waals surface area contributed by atoms with E-state index in [4.69, 9.17) is 5.73 Å². The predicted molar refractivity (Wildman–Crippen MR) is 73.1 cm³/mol. The summed E-state index contributed by atoms with van der Waals surface area (Å²) in [6.07, 6.45) is 0. The van der Waals surface area contributed by atoms with Crippen LogP contribution >= 0.6 is 0 Å². The normalized spacial score (nSPS) is 10.8. The Morgan fingerprint density at radius 1 is 1.05 bits per heavy atom. The highest BCUT2D eigenvalue weighted by Crippen LogP contribution is 2.23. The van der Waals surface area contributed by atoms with Gasteiger partial charge >= 0.3 is 0 Å². The Labute approximate surface area is 119 Å². The number of nitrogens with zero attached hydrogens (tertiary/aromatic N) is 4. The number of aromatic nitrogens is 4. The number of rotatable bonds is 3. The molecule has 0 aliphatic carbocycles.